The summed E-state index contributed by atoms with van der Waals surface area (Å²) >= 11 is 5.96. The van der Waals surface area contributed by atoms with E-state index in [-0.39, 0.29) is 6.61 Å². The monoisotopic (exact) mass is 253 g/mol. The minimum absolute atomic E-state index is 0.0575. The second kappa shape index (κ2) is 5.74. The van der Waals surface area contributed by atoms with Crippen molar-refractivity contribution in [2.75, 3.05) is 18.0 Å². The van der Waals surface area contributed by atoms with Crippen LogP contribution in [0.2, 0.25) is 5.02 Å². The van der Waals surface area contributed by atoms with Crippen molar-refractivity contribution in [3.8, 4) is 0 Å². The van der Waals surface area contributed by atoms with E-state index in [9.17, 15) is 5.11 Å². The van der Waals surface area contributed by atoms with Crippen molar-refractivity contribution in [3.05, 3.63) is 28.8 Å². The summed E-state index contributed by atoms with van der Waals surface area (Å²) in [7, 11) is 0. The van der Waals surface area contributed by atoms with Crippen LogP contribution in [0.15, 0.2) is 18.2 Å². The molecular formula is C14H20ClNO. The summed E-state index contributed by atoms with van der Waals surface area (Å²) in [5, 5.41) is 10.1. The molecule has 1 atom stereocenters. The molecule has 2 nitrogen and oxygen atoms in total. The molecule has 0 aromatic heterocycles. The minimum Gasteiger partial charge on any atom is -0.392 e. The average molecular weight is 254 g/mol. The van der Waals surface area contributed by atoms with Gasteiger partial charge in [-0.3, -0.25) is 0 Å². The highest BCUT2D eigenvalue weighted by molar-refractivity contribution is 6.30. The predicted molar refractivity (Wildman–Crippen MR) is 72.6 cm³/mol. The number of aliphatic hydroxyl groups excluding tert-OH is 1. The summed E-state index contributed by atoms with van der Waals surface area (Å²) in [5.41, 5.74) is 2.08. The molecule has 1 unspecified atom stereocenters. The van der Waals surface area contributed by atoms with Gasteiger partial charge in [0.25, 0.3) is 0 Å². The first-order valence-corrected chi connectivity index (χ1v) is 6.72. The highest BCUT2D eigenvalue weighted by atomic mass is 35.5. The average Bonchev–Trinajstić information content (AvgIpc) is 2.54. The zero-order valence-electron chi connectivity index (χ0n) is 10.3. The molecule has 1 fully saturated rings. The highest BCUT2D eigenvalue weighted by Gasteiger charge is 2.16. The summed E-state index contributed by atoms with van der Waals surface area (Å²) in [6.07, 6.45) is 3.76. The molecule has 0 radical (unpaired) electrons. The van der Waals surface area contributed by atoms with E-state index in [4.69, 9.17) is 11.6 Å². The van der Waals surface area contributed by atoms with Gasteiger partial charge in [0, 0.05) is 29.4 Å². The van der Waals surface area contributed by atoms with E-state index < -0.39 is 0 Å². The number of nitrogens with zero attached hydrogens (tertiary/aromatic N) is 1. The van der Waals surface area contributed by atoms with Crippen LogP contribution < -0.4 is 4.90 Å². The Morgan fingerprint density at radius 1 is 1.35 bits per heavy atom. The third-order valence-electron chi connectivity index (χ3n) is 3.57. The van der Waals surface area contributed by atoms with Gasteiger partial charge in [-0.05, 0) is 43.4 Å². The molecule has 94 valence electrons. The number of anilines is 1. The summed E-state index contributed by atoms with van der Waals surface area (Å²) in [6, 6.07) is 5.81. The molecule has 0 bridgehead atoms. The lowest BCUT2D eigenvalue weighted by Crippen LogP contribution is -2.25. The van der Waals surface area contributed by atoms with E-state index in [1.165, 1.54) is 19.3 Å². The molecule has 0 amide bonds. The van der Waals surface area contributed by atoms with Crippen molar-refractivity contribution in [2.24, 2.45) is 5.92 Å². The van der Waals surface area contributed by atoms with Gasteiger partial charge in [0.15, 0.2) is 0 Å². The molecule has 1 aromatic carbocycles. The molecule has 17 heavy (non-hydrogen) atoms. The molecule has 1 aliphatic heterocycles. The van der Waals surface area contributed by atoms with Crippen LogP contribution >= 0.6 is 11.6 Å². The van der Waals surface area contributed by atoms with Gasteiger partial charge in [0.05, 0.1) is 6.61 Å². The fourth-order valence-corrected chi connectivity index (χ4v) is 2.69. The normalized spacial score (nSPS) is 21.4. The Balaban J connectivity index is 2.20. The molecule has 0 aliphatic carbocycles. The maximum atomic E-state index is 9.41. The van der Waals surface area contributed by atoms with Gasteiger partial charge >= 0.3 is 0 Å². The lowest BCUT2D eigenvalue weighted by molar-refractivity contribution is 0.282. The molecule has 0 spiro atoms. The highest BCUT2D eigenvalue weighted by Crippen LogP contribution is 2.27. The second-order valence-corrected chi connectivity index (χ2v) is 5.39. The standard InChI is InChI=1S/C14H20ClNO/c1-11-3-2-7-16(8-6-11)14-5-4-13(15)9-12(14)10-17/h4-5,9,11,17H,2-3,6-8,10H2,1H3. The summed E-state index contributed by atoms with van der Waals surface area (Å²) < 4.78 is 0. The van der Waals surface area contributed by atoms with Crippen LogP contribution in [0.5, 0.6) is 0 Å². The first-order valence-electron chi connectivity index (χ1n) is 6.35. The topological polar surface area (TPSA) is 23.5 Å². The van der Waals surface area contributed by atoms with Crippen LogP contribution in [0.1, 0.15) is 31.7 Å². The third kappa shape index (κ3) is 3.14. The van der Waals surface area contributed by atoms with Crippen LogP contribution in [0.3, 0.4) is 0 Å². The van der Waals surface area contributed by atoms with E-state index in [1.807, 2.05) is 18.2 Å². The lowest BCUT2D eigenvalue weighted by atomic mass is 10.0. The fraction of sp³-hybridized carbons (Fsp3) is 0.571. The van der Waals surface area contributed by atoms with E-state index in [1.54, 1.807) is 0 Å². The number of halogens is 1. The summed E-state index contributed by atoms with van der Waals surface area (Å²) in [5.74, 6) is 0.810. The van der Waals surface area contributed by atoms with Crippen LogP contribution in [-0.2, 0) is 6.61 Å². The largest absolute Gasteiger partial charge is 0.392 e. The molecule has 0 saturated carbocycles. The Morgan fingerprint density at radius 3 is 2.94 bits per heavy atom. The number of benzene rings is 1. The predicted octanol–water partition coefficient (Wildman–Crippen LogP) is 3.46. The van der Waals surface area contributed by atoms with Crippen molar-refractivity contribution in [3.63, 3.8) is 0 Å². The second-order valence-electron chi connectivity index (χ2n) is 4.95. The molecule has 1 aromatic rings. The van der Waals surface area contributed by atoms with Crippen LogP contribution in [0.4, 0.5) is 5.69 Å². The molecule has 1 N–H and O–H groups in total. The van der Waals surface area contributed by atoms with Gasteiger partial charge in [-0.15, -0.1) is 0 Å². The Hall–Kier alpha value is -0.730. The maximum Gasteiger partial charge on any atom is 0.0702 e. The Kier molecular flexibility index (Phi) is 4.30. The van der Waals surface area contributed by atoms with Crippen molar-refractivity contribution in [2.45, 2.75) is 32.8 Å². The van der Waals surface area contributed by atoms with Crippen molar-refractivity contribution < 1.29 is 5.11 Å². The van der Waals surface area contributed by atoms with E-state index >= 15 is 0 Å². The quantitative estimate of drug-likeness (QED) is 0.873. The van der Waals surface area contributed by atoms with Crippen LogP contribution in [-0.4, -0.2) is 18.2 Å². The van der Waals surface area contributed by atoms with Gasteiger partial charge in [-0.1, -0.05) is 18.5 Å². The maximum absolute atomic E-state index is 9.41. The number of rotatable bonds is 2. The summed E-state index contributed by atoms with van der Waals surface area (Å²) in [6.45, 7) is 4.54. The van der Waals surface area contributed by atoms with Gasteiger partial charge in [0.1, 0.15) is 0 Å². The van der Waals surface area contributed by atoms with E-state index in [2.05, 4.69) is 11.8 Å². The Morgan fingerprint density at radius 2 is 2.18 bits per heavy atom. The van der Waals surface area contributed by atoms with Gasteiger partial charge in [0.2, 0.25) is 0 Å². The molecule has 1 saturated heterocycles. The molecule has 2 rings (SSSR count). The van der Waals surface area contributed by atoms with Gasteiger partial charge < -0.3 is 10.0 Å². The van der Waals surface area contributed by atoms with E-state index in [0.29, 0.717) is 5.02 Å². The van der Waals surface area contributed by atoms with Crippen molar-refractivity contribution in [1.82, 2.24) is 0 Å². The van der Waals surface area contributed by atoms with Crippen LogP contribution in [0.25, 0.3) is 0 Å². The lowest BCUT2D eigenvalue weighted by Gasteiger charge is -2.25. The van der Waals surface area contributed by atoms with Crippen molar-refractivity contribution >= 4 is 17.3 Å². The first-order chi connectivity index (χ1) is 8.20. The zero-order valence-corrected chi connectivity index (χ0v) is 11.1. The first kappa shape index (κ1) is 12.7. The third-order valence-corrected chi connectivity index (χ3v) is 3.80. The van der Waals surface area contributed by atoms with Crippen LogP contribution in [0, 0.1) is 5.92 Å². The number of hydrogen-bond donors (Lipinski definition) is 1. The molecular weight excluding hydrogens is 234 g/mol. The van der Waals surface area contributed by atoms with Gasteiger partial charge in [-0.25, -0.2) is 0 Å². The molecule has 3 heteroatoms. The van der Waals surface area contributed by atoms with Gasteiger partial charge in [-0.2, -0.15) is 0 Å². The Labute approximate surface area is 108 Å². The number of hydrogen-bond acceptors (Lipinski definition) is 2. The number of aliphatic hydroxyl groups is 1. The molecule has 1 aliphatic rings. The molecule has 1 heterocycles. The summed E-state index contributed by atoms with van der Waals surface area (Å²) in [4.78, 5) is 2.38. The minimum atomic E-state index is 0.0575. The SMILES string of the molecule is CC1CCCN(c2ccc(Cl)cc2CO)CC1. The van der Waals surface area contributed by atoms with Crippen molar-refractivity contribution in [1.29, 1.82) is 0 Å². The fourth-order valence-electron chi connectivity index (χ4n) is 2.49. The Bertz CT molecular complexity index is 380. The zero-order chi connectivity index (χ0) is 12.3. The smallest absolute Gasteiger partial charge is 0.0702 e. The van der Waals surface area contributed by atoms with E-state index in [0.717, 1.165) is 30.3 Å².